The molecule has 0 aliphatic heterocycles. The number of rotatable bonds is 4. The molecule has 106 valence electrons. The summed E-state index contributed by atoms with van der Waals surface area (Å²) < 4.78 is 26.4. The van der Waals surface area contributed by atoms with Crippen molar-refractivity contribution in [2.75, 3.05) is 7.05 Å². The lowest BCUT2D eigenvalue weighted by molar-refractivity contribution is 0.398. The van der Waals surface area contributed by atoms with Crippen molar-refractivity contribution in [2.24, 2.45) is 0 Å². The molecule has 1 unspecified atom stereocenters. The van der Waals surface area contributed by atoms with Crippen molar-refractivity contribution in [1.82, 2.24) is 14.3 Å². The molecule has 0 saturated heterocycles. The second-order valence-electron chi connectivity index (χ2n) is 4.28. The maximum atomic E-state index is 12.6. The lowest BCUT2D eigenvalue weighted by Crippen LogP contribution is -2.30. The number of halogens is 1. The van der Waals surface area contributed by atoms with Gasteiger partial charge in [-0.2, -0.15) is 4.31 Å². The Hall–Kier alpha value is -1.50. The monoisotopic (exact) mass is 311 g/mol. The van der Waals surface area contributed by atoms with Crippen molar-refractivity contribution in [3.8, 4) is 0 Å². The molecule has 2 rings (SSSR count). The van der Waals surface area contributed by atoms with E-state index in [9.17, 15) is 8.42 Å². The molecule has 0 radical (unpaired) electrons. The molecule has 1 atom stereocenters. The fourth-order valence-electron chi connectivity index (χ4n) is 1.77. The zero-order chi connectivity index (χ0) is 14.8. The Balaban J connectivity index is 2.38. The first kappa shape index (κ1) is 14.9. The van der Waals surface area contributed by atoms with Crippen LogP contribution >= 0.6 is 11.6 Å². The van der Waals surface area contributed by atoms with Gasteiger partial charge in [0.1, 0.15) is 4.90 Å². The van der Waals surface area contributed by atoms with Crippen LogP contribution in [-0.4, -0.2) is 29.7 Å². The van der Waals surface area contributed by atoms with E-state index in [4.69, 9.17) is 11.6 Å². The maximum Gasteiger partial charge on any atom is 0.246 e. The fraction of sp³-hybridized carbons (Fsp3) is 0.231. The highest BCUT2D eigenvalue weighted by molar-refractivity contribution is 7.89. The topological polar surface area (TPSA) is 63.2 Å². The summed E-state index contributed by atoms with van der Waals surface area (Å²) in [5.74, 6) is 0. The van der Waals surface area contributed by atoms with Gasteiger partial charge in [0.2, 0.25) is 10.0 Å². The predicted molar refractivity (Wildman–Crippen MR) is 76.8 cm³/mol. The minimum absolute atomic E-state index is 0.00470. The van der Waals surface area contributed by atoms with Gasteiger partial charge in [0.25, 0.3) is 0 Å². The Bertz CT molecular complexity index is 692. The molecule has 0 amide bonds. The first-order valence-corrected chi connectivity index (χ1v) is 7.74. The van der Waals surface area contributed by atoms with E-state index < -0.39 is 10.0 Å². The van der Waals surface area contributed by atoms with E-state index in [1.54, 1.807) is 31.5 Å². The van der Waals surface area contributed by atoms with E-state index in [1.807, 2.05) is 0 Å². The van der Waals surface area contributed by atoms with Crippen molar-refractivity contribution in [3.63, 3.8) is 0 Å². The summed E-state index contributed by atoms with van der Waals surface area (Å²) in [6, 6.07) is 4.68. The molecule has 2 heterocycles. The van der Waals surface area contributed by atoms with Gasteiger partial charge >= 0.3 is 0 Å². The molecule has 0 bridgehead atoms. The molecular weight excluding hydrogens is 298 g/mol. The molecule has 0 N–H and O–H groups in total. The summed E-state index contributed by atoms with van der Waals surface area (Å²) >= 11 is 5.95. The van der Waals surface area contributed by atoms with Crippen LogP contribution in [0.15, 0.2) is 47.9 Å². The minimum Gasteiger partial charge on any atom is -0.265 e. The second kappa shape index (κ2) is 5.87. The standard InChI is InChI=1S/C13H14ClN3O2S/c1-10(11-3-6-15-7-4-11)17(2)20(18,19)13-9-16-8-5-12(13)14/h3-10H,1-2H3. The third-order valence-electron chi connectivity index (χ3n) is 3.13. The number of pyridine rings is 2. The molecule has 0 aromatic carbocycles. The molecule has 0 aliphatic rings. The SMILES string of the molecule is CC(c1ccncc1)N(C)S(=O)(=O)c1cnccc1Cl. The highest BCUT2D eigenvalue weighted by Gasteiger charge is 2.28. The quantitative estimate of drug-likeness (QED) is 0.870. The molecule has 0 aliphatic carbocycles. The number of hydrogen-bond acceptors (Lipinski definition) is 4. The van der Waals surface area contributed by atoms with Crippen LogP contribution in [0.25, 0.3) is 0 Å². The smallest absolute Gasteiger partial charge is 0.246 e. The highest BCUT2D eigenvalue weighted by Crippen LogP contribution is 2.28. The predicted octanol–water partition coefficient (Wildman–Crippen LogP) is 2.51. The highest BCUT2D eigenvalue weighted by atomic mass is 35.5. The van der Waals surface area contributed by atoms with Gasteiger partial charge in [0, 0.05) is 37.9 Å². The number of sulfonamides is 1. The zero-order valence-corrected chi connectivity index (χ0v) is 12.6. The van der Waals surface area contributed by atoms with Crippen molar-refractivity contribution < 1.29 is 8.42 Å². The van der Waals surface area contributed by atoms with Crippen molar-refractivity contribution >= 4 is 21.6 Å². The summed E-state index contributed by atoms with van der Waals surface area (Å²) in [7, 11) is -2.18. The van der Waals surface area contributed by atoms with Crippen LogP contribution in [0, 0.1) is 0 Å². The van der Waals surface area contributed by atoms with E-state index in [0.717, 1.165) is 5.56 Å². The molecule has 5 nitrogen and oxygen atoms in total. The van der Waals surface area contributed by atoms with Crippen molar-refractivity contribution in [1.29, 1.82) is 0 Å². The van der Waals surface area contributed by atoms with Crippen LogP contribution < -0.4 is 0 Å². The average Bonchev–Trinajstić information content (AvgIpc) is 2.47. The number of hydrogen-bond donors (Lipinski definition) is 0. The van der Waals surface area contributed by atoms with Gasteiger partial charge in [-0.05, 0) is 30.7 Å². The summed E-state index contributed by atoms with van der Waals surface area (Å²) in [6.07, 6.45) is 5.97. The summed E-state index contributed by atoms with van der Waals surface area (Å²) in [6.45, 7) is 1.80. The molecular formula is C13H14ClN3O2S. The molecule has 0 fully saturated rings. The summed E-state index contributed by atoms with van der Waals surface area (Å²) in [4.78, 5) is 7.75. The largest absolute Gasteiger partial charge is 0.265 e. The Kier molecular flexibility index (Phi) is 4.37. The zero-order valence-electron chi connectivity index (χ0n) is 11.1. The Morgan fingerprint density at radius 1 is 1.15 bits per heavy atom. The van der Waals surface area contributed by atoms with Gasteiger partial charge in [0.15, 0.2) is 0 Å². The number of nitrogens with zero attached hydrogens (tertiary/aromatic N) is 3. The first-order chi connectivity index (χ1) is 9.44. The van der Waals surface area contributed by atoms with Crippen molar-refractivity contribution in [3.05, 3.63) is 53.6 Å². The minimum atomic E-state index is -3.70. The summed E-state index contributed by atoms with van der Waals surface area (Å²) in [5, 5.41) is 0.161. The van der Waals surface area contributed by atoms with E-state index in [-0.39, 0.29) is 16.0 Å². The van der Waals surface area contributed by atoms with E-state index >= 15 is 0 Å². The summed E-state index contributed by atoms with van der Waals surface area (Å²) in [5.41, 5.74) is 0.853. The van der Waals surface area contributed by atoms with Crippen LogP contribution in [0.3, 0.4) is 0 Å². The Morgan fingerprint density at radius 3 is 2.35 bits per heavy atom. The van der Waals surface area contributed by atoms with Gasteiger partial charge in [-0.15, -0.1) is 0 Å². The van der Waals surface area contributed by atoms with Gasteiger partial charge in [-0.3, -0.25) is 9.97 Å². The van der Waals surface area contributed by atoms with Gasteiger partial charge in [0.05, 0.1) is 5.02 Å². The fourth-order valence-corrected chi connectivity index (χ4v) is 3.52. The van der Waals surface area contributed by atoms with Gasteiger partial charge < -0.3 is 0 Å². The second-order valence-corrected chi connectivity index (χ2v) is 6.66. The van der Waals surface area contributed by atoms with Crippen LogP contribution in [0.5, 0.6) is 0 Å². The molecule has 20 heavy (non-hydrogen) atoms. The van der Waals surface area contributed by atoms with Crippen LogP contribution in [0.2, 0.25) is 5.02 Å². The molecule has 0 spiro atoms. The normalized spacial score (nSPS) is 13.4. The molecule has 0 saturated carbocycles. The molecule has 2 aromatic rings. The average molecular weight is 312 g/mol. The van der Waals surface area contributed by atoms with E-state index in [0.29, 0.717) is 0 Å². The molecule has 2 aromatic heterocycles. The Morgan fingerprint density at radius 2 is 1.75 bits per heavy atom. The van der Waals surface area contributed by atoms with Gasteiger partial charge in [-0.1, -0.05) is 11.6 Å². The van der Waals surface area contributed by atoms with Crippen LogP contribution in [0.1, 0.15) is 18.5 Å². The lowest BCUT2D eigenvalue weighted by Gasteiger charge is -2.24. The van der Waals surface area contributed by atoms with Crippen LogP contribution in [0.4, 0.5) is 0 Å². The lowest BCUT2D eigenvalue weighted by atomic mass is 10.1. The Labute approximate surface area is 123 Å². The molecule has 7 heteroatoms. The van der Waals surface area contributed by atoms with E-state index in [1.165, 1.54) is 29.8 Å². The third-order valence-corrected chi connectivity index (χ3v) is 5.52. The number of aromatic nitrogens is 2. The third kappa shape index (κ3) is 2.82. The maximum absolute atomic E-state index is 12.6. The van der Waals surface area contributed by atoms with E-state index in [2.05, 4.69) is 9.97 Å². The van der Waals surface area contributed by atoms with Crippen molar-refractivity contribution in [2.45, 2.75) is 17.9 Å². The first-order valence-electron chi connectivity index (χ1n) is 5.92. The van der Waals surface area contributed by atoms with Crippen LogP contribution in [-0.2, 0) is 10.0 Å². The van der Waals surface area contributed by atoms with Gasteiger partial charge in [-0.25, -0.2) is 8.42 Å².